The molecule has 0 saturated heterocycles. The van der Waals surface area contributed by atoms with Crippen molar-refractivity contribution in [3.63, 3.8) is 0 Å². The number of rotatable bonds is 4. The molecule has 1 rings (SSSR count). The van der Waals surface area contributed by atoms with Crippen LogP contribution in [0.4, 0.5) is 0 Å². The van der Waals surface area contributed by atoms with E-state index in [1.54, 1.807) is 24.3 Å². The molecule has 0 saturated carbocycles. The van der Waals surface area contributed by atoms with Crippen LogP contribution in [0.1, 0.15) is 25.3 Å². The second-order valence-electron chi connectivity index (χ2n) is 3.57. The molecule has 0 heterocycles. The number of nitrogens with one attached hydrogen (secondary N) is 1. The van der Waals surface area contributed by atoms with Crippen molar-refractivity contribution < 1.29 is 5.11 Å². The highest BCUT2D eigenvalue weighted by atomic mass is 35.5. The molecule has 1 radical (unpaired) electrons. The molecule has 0 amide bonds. The molecule has 0 aromatic heterocycles. The molecule has 0 aliphatic carbocycles. The Morgan fingerprint density at radius 3 is 2.67 bits per heavy atom. The first-order valence-electron chi connectivity index (χ1n) is 4.90. The number of benzene rings is 1. The van der Waals surface area contributed by atoms with Gasteiger partial charge in [-0.1, -0.05) is 43.1 Å². The molecule has 3 heteroatoms. The number of hydrogen-bond acceptors (Lipinski definition) is 2. The van der Waals surface area contributed by atoms with Crippen molar-refractivity contribution in [2.24, 2.45) is 0 Å². The van der Waals surface area contributed by atoms with Crippen molar-refractivity contribution in [2.75, 3.05) is 0 Å². The van der Waals surface area contributed by atoms with Gasteiger partial charge in [0.05, 0.1) is 0 Å². The molecule has 0 fully saturated rings. The van der Waals surface area contributed by atoms with Gasteiger partial charge in [0.2, 0.25) is 0 Å². The summed E-state index contributed by atoms with van der Waals surface area (Å²) in [6.07, 6.45) is 1.33. The maximum atomic E-state index is 10.1. The summed E-state index contributed by atoms with van der Waals surface area (Å²) in [7, 11) is 0. The lowest BCUT2D eigenvalue weighted by Crippen LogP contribution is -2.32. The van der Waals surface area contributed by atoms with Gasteiger partial charge >= 0.3 is 0 Å². The fourth-order valence-electron chi connectivity index (χ4n) is 1.42. The molecule has 81 valence electrons. The van der Waals surface area contributed by atoms with Crippen LogP contribution < -0.4 is 0 Å². The second kappa shape index (κ2) is 4.77. The Bertz CT molecular complexity index is 360. The molecule has 0 aliphatic heterocycles. The molecule has 1 unspecified atom stereocenters. The summed E-state index contributed by atoms with van der Waals surface area (Å²) in [5.74, 6) is 0. The molecule has 1 aromatic rings. The Labute approximate surface area is 95.4 Å². The van der Waals surface area contributed by atoms with Gasteiger partial charge in [0.1, 0.15) is 5.60 Å². The van der Waals surface area contributed by atoms with Crippen molar-refractivity contribution in [1.29, 1.82) is 5.41 Å². The Hall–Kier alpha value is -0.860. The summed E-state index contributed by atoms with van der Waals surface area (Å²) < 4.78 is 0. The summed E-state index contributed by atoms with van der Waals surface area (Å²) in [6.45, 7) is 5.62. The minimum absolute atomic E-state index is 0.193. The van der Waals surface area contributed by atoms with Gasteiger partial charge in [-0.05, 0) is 19.4 Å². The molecule has 1 atom stereocenters. The first kappa shape index (κ1) is 12.2. The van der Waals surface area contributed by atoms with E-state index in [2.05, 4.69) is 6.92 Å². The first-order valence-corrected chi connectivity index (χ1v) is 5.28. The third kappa shape index (κ3) is 2.58. The summed E-state index contributed by atoms with van der Waals surface area (Å²) in [5, 5.41) is 18.3. The predicted octanol–water partition coefficient (Wildman–Crippen LogP) is 3.18. The van der Waals surface area contributed by atoms with E-state index in [1.807, 2.05) is 6.92 Å². The maximum Gasteiger partial charge on any atom is 0.128 e. The van der Waals surface area contributed by atoms with E-state index >= 15 is 0 Å². The third-order valence-electron chi connectivity index (χ3n) is 2.32. The van der Waals surface area contributed by atoms with Crippen LogP contribution in [-0.2, 0) is 5.60 Å². The van der Waals surface area contributed by atoms with Crippen molar-refractivity contribution in [3.8, 4) is 0 Å². The van der Waals surface area contributed by atoms with Gasteiger partial charge in [-0.15, -0.1) is 0 Å². The smallest absolute Gasteiger partial charge is 0.128 e. The van der Waals surface area contributed by atoms with Crippen LogP contribution >= 0.6 is 11.6 Å². The summed E-state index contributed by atoms with van der Waals surface area (Å²) in [4.78, 5) is 0. The van der Waals surface area contributed by atoms with E-state index in [9.17, 15) is 5.11 Å². The summed E-state index contributed by atoms with van der Waals surface area (Å²) in [5.41, 5.74) is -0.822. The predicted molar refractivity (Wildman–Crippen MR) is 63.3 cm³/mol. The quantitative estimate of drug-likeness (QED) is 0.758. The van der Waals surface area contributed by atoms with Crippen LogP contribution in [0.3, 0.4) is 0 Å². The minimum Gasteiger partial charge on any atom is -0.379 e. The van der Waals surface area contributed by atoms with E-state index in [0.29, 0.717) is 17.0 Å². The fourth-order valence-corrected chi connectivity index (χ4v) is 1.71. The van der Waals surface area contributed by atoms with Crippen LogP contribution in [-0.4, -0.2) is 10.8 Å². The fraction of sp³-hybridized carbons (Fsp3) is 0.333. The van der Waals surface area contributed by atoms with Crippen molar-refractivity contribution in [3.05, 3.63) is 41.8 Å². The van der Waals surface area contributed by atoms with Crippen LogP contribution in [0.15, 0.2) is 24.3 Å². The highest BCUT2D eigenvalue weighted by molar-refractivity contribution is 6.31. The van der Waals surface area contributed by atoms with Gasteiger partial charge in [0.25, 0.3) is 0 Å². The summed E-state index contributed by atoms with van der Waals surface area (Å²) >= 11 is 5.96. The zero-order valence-electron chi connectivity index (χ0n) is 8.76. The lowest BCUT2D eigenvalue weighted by atomic mass is 9.88. The van der Waals surface area contributed by atoms with Crippen molar-refractivity contribution >= 4 is 17.3 Å². The minimum atomic E-state index is -1.51. The van der Waals surface area contributed by atoms with Gasteiger partial charge < -0.3 is 10.5 Å². The second-order valence-corrected chi connectivity index (χ2v) is 3.98. The van der Waals surface area contributed by atoms with Crippen molar-refractivity contribution in [2.45, 2.75) is 25.4 Å². The highest BCUT2D eigenvalue weighted by Crippen LogP contribution is 2.29. The molecular formula is C12H15ClNO. The summed E-state index contributed by atoms with van der Waals surface area (Å²) in [6, 6.07) is 6.94. The number of hydrogen-bond donors (Lipinski definition) is 2. The Morgan fingerprint density at radius 2 is 2.13 bits per heavy atom. The van der Waals surface area contributed by atoms with Gasteiger partial charge in [0, 0.05) is 16.3 Å². The molecule has 1 aromatic carbocycles. The van der Waals surface area contributed by atoms with E-state index in [-0.39, 0.29) is 5.71 Å². The standard InChI is InChI=1S/C12H15ClNO/c1-3-6-11(14)12(2,15)9-7-4-5-8-10(9)13/h4-5,7-8,14-15H,2-3,6H2,1H3. The number of halogens is 1. The average Bonchev–Trinajstić information content (AvgIpc) is 2.18. The molecule has 0 bridgehead atoms. The lowest BCUT2D eigenvalue weighted by Gasteiger charge is -2.25. The maximum absolute atomic E-state index is 10.1. The highest BCUT2D eigenvalue weighted by Gasteiger charge is 2.29. The molecular weight excluding hydrogens is 210 g/mol. The van der Waals surface area contributed by atoms with E-state index < -0.39 is 5.60 Å². The normalized spacial score (nSPS) is 14.7. The molecule has 15 heavy (non-hydrogen) atoms. The Kier molecular flexibility index (Phi) is 3.89. The zero-order valence-corrected chi connectivity index (χ0v) is 9.51. The van der Waals surface area contributed by atoms with E-state index in [4.69, 9.17) is 17.0 Å². The van der Waals surface area contributed by atoms with Gasteiger partial charge in [-0.25, -0.2) is 0 Å². The largest absolute Gasteiger partial charge is 0.379 e. The van der Waals surface area contributed by atoms with Crippen molar-refractivity contribution in [1.82, 2.24) is 0 Å². The molecule has 0 spiro atoms. The zero-order chi connectivity index (χ0) is 11.5. The Balaban J connectivity index is 3.05. The van der Waals surface area contributed by atoms with Crippen LogP contribution in [0.2, 0.25) is 5.02 Å². The molecule has 2 nitrogen and oxygen atoms in total. The average molecular weight is 225 g/mol. The third-order valence-corrected chi connectivity index (χ3v) is 2.65. The topological polar surface area (TPSA) is 44.1 Å². The van der Waals surface area contributed by atoms with Gasteiger partial charge in [-0.3, -0.25) is 0 Å². The molecule has 2 N–H and O–H groups in total. The van der Waals surface area contributed by atoms with Crippen LogP contribution in [0.25, 0.3) is 0 Å². The van der Waals surface area contributed by atoms with Gasteiger partial charge in [0.15, 0.2) is 0 Å². The van der Waals surface area contributed by atoms with Crippen LogP contribution in [0.5, 0.6) is 0 Å². The lowest BCUT2D eigenvalue weighted by molar-refractivity contribution is 0.158. The SMILES string of the molecule is [CH2]C(O)(C(=N)CCC)c1ccccc1Cl. The number of aliphatic hydroxyl groups is 1. The monoisotopic (exact) mass is 224 g/mol. The van der Waals surface area contributed by atoms with E-state index in [1.165, 1.54) is 0 Å². The van der Waals surface area contributed by atoms with Gasteiger partial charge in [-0.2, -0.15) is 0 Å². The van der Waals surface area contributed by atoms with Crippen LogP contribution in [0, 0.1) is 12.3 Å². The van der Waals surface area contributed by atoms with E-state index in [0.717, 1.165) is 6.42 Å². The first-order chi connectivity index (χ1) is 7.00. The molecule has 0 aliphatic rings. The Morgan fingerprint density at radius 1 is 1.53 bits per heavy atom.